The van der Waals surface area contributed by atoms with E-state index in [2.05, 4.69) is 58.6 Å². The summed E-state index contributed by atoms with van der Waals surface area (Å²) in [6, 6.07) is 4.65. The van der Waals surface area contributed by atoms with Crippen LogP contribution >= 0.6 is 11.3 Å². The lowest BCUT2D eigenvalue weighted by molar-refractivity contribution is 0.667. The Hall–Kier alpha value is -1.46. The van der Waals surface area contributed by atoms with E-state index in [4.69, 9.17) is 0 Å². The van der Waals surface area contributed by atoms with Crippen LogP contribution in [0.2, 0.25) is 0 Å². The molecule has 2 heterocycles. The third kappa shape index (κ3) is 4.02. The topological polar surface area (TPSA) is 41.1 Å². The molecule has 0 saturated carbocycles. The number of aromatic nitrogens is 2. The highest BCUT2D eigenvalue weighted by atomic mass is 32.1. The van der Waals surface area contributed by atoms with Crippen molar-refractivity contribution in [2.45, 2.75) is 32.9 Å². The molecule has 0 spiro atoms. The van der Waals surface area contributed by atoms with Gasteiger partial charge in [-0.2, -0.15) is 0 Å². The van der Waals surface area contributed by atoms with Gasteiger partial charge in [-0.3, -0.25) is 0 Å². The van der Waals surface area contributed by atoms with E-state index in [0.717, 1.165) is 31.0 Å². The van der Waals surface area contributed by atoms with Crippen molar-refractivity contribution in [3.8, 4) is 0 Å². The Morgan fingerprint density at radius 3 is 2.70 bits per heavy atom. The minimum absolute atomic E-state index is 0.383. The molecule has 0 bridgehead atoms. The SMILES string of the molecule is CCNCc1cnc(N(C)C(C)Cc2cccs2)nc1. The maximum atomic E-state index is 4.46. The van der Waals surface area contributed by atoms with Crippen LogP contribution in [0.25, 0.3) is 0 Å². The van der Waals surface area contributed by atoms with Crippen molar-refractivity contribution in [1.82, 2.24) is 15.3 Å². The molecule has 1 N–H and O–H groups in total. The highest BCUT2D eigenvalue weighted by Crippen LogP contribution is 2.16. The van der Waals surface area contributed by atoms with E-state index in [0.29, 0.717) is 6.04 Å². The Labute approximate surface area is 124 Å². The van der Waals surface area contributed by atoms with Gasteiger partial charge in [0.25, 0.3) is 0 Å². The number of rotatable bonds is 7. The minimum atomic E-state index is 0.383. The number of nitrogens with one attached hydrogen (secondary N) is 1. The average Bonchev–Trinajstić information content (AvgIpc) is 2.97. The van der Waals surface area contributed by atoms with Crippen molar-refractivity contribution in [3.05, 3.63) is 40.3 Å². The number of anilines is 1. The summed E-state index contributed by atoms with van der Waals surface area (Å²) in [7, 11) is 2.05. The number of hydrogen-bond donors (Lipinski definition) is 1. The van der Waals surface area contributed by atoms with E-state index in [1.165, 1.54) is 4.88 Å². The third-order valence-electron chi connectivity index (χ3n) is 3.32. The monoisotopic (exact) mass is 290 g/mol. The lowest BCUT2D eigenvalue weighted by atomic mass is 10.2. The van der Waals surface area contributed by atoms with Gasteiger partial charge in [-0.05, 0) is 24.9 Å². The molecule has 4 nitrogen and oxygen atoms in total. The first kappa shape index (κ1) is 14.9. The summed E-state index contributed by atoms with van der Waals surface area (Å²) in [6.07, 6.45) is 4.83. The highest BCUT2D eigenvalue weighted by Gasteiger charge is 2.13. The van der Waals surface area contributed by atoms with Gasteiger partial charge >= 0.3 is 0 Å². The summed E-state index contributed by atoms with van der Waals surface area (Å²) in [5, 5.41) is 5.39. The molecule has 0 aliphatic carbocycles. The second-order valence-corrected chi connectivity index (χ2v) is 5.95. The number of thiophene rings is 1. The molecule has 20 heavy (non-hydrogen) atoms. The first-order chi connectivity index (χ1) is 9.70. The Morgan fingerprint density at radius 2 is 2.10 bits per heavy atom. The van der Waals surface area contributed by atoms with Crippen molar-refractivity contribution in [3.63, 3.8) is 0 Å². The zero-order valence-corrected chi connectivity index (χ0v) is 13.2. The van der Waals surface area contributed by atoms with Crippen molar-refractivity contribution in [2.24, 2.45) is 0 Å². The highest BCUT2D eigenvalue weighted by molar-refractivity contribution is 7.09. The maximum absolute atomic E-state index is 4.46. The molecule has 0 radical (unpaired) electrons. The van der Waals surface area contributed by atoms with Crippen LogP contribution in [-0.2, 0) is 13.0 Å². The van der Waals surface area contributed by atoms with Crippen LogP contribution in [0.5, 0.6) is 0 Å². The fourth-order valence-electron chi connectivity index (χ4n) is 1.94. The third-order valence-corrected chi connectivity index (χ3v) is 4.22. The van der Waals surface area contributed by atoms with E-state index >= 15 is 0 Å². The normalized spacial score (nSPS) is 12.3. The average molecular weight is 290 g/mol. The van der Waals surface area contributed by atoms with Crippen molar-refractivity contribution < 1.29 is 0 Å². The van der Waals surface area contributed by atoms with Gasteiger partial charge in [0.15, 0.2) is 0 Å². The summed E-state index contributed by atoms with van der Waals surface area (Å²) in [6.45, 7) is 6.08. The summed E-state index contributed by atoms with van der Waals surface area (Å²) in [5.41, 5.74) is 1.12. The van der Waals surface area contributed by atoms with Gasteiger partial charge in [0.05, 0.1) is 0 Å². The molecule has 0 amide bonds. The molecule has 0 fully saturated rings. The van der Waals surface area contributed by atoms with E-state index < -0.39 is 0 Å². The molecule has 2 aromatic heterocycles. The fourth-order valence-corrected chi connectivity index (χ4v) is 2.77. The number of hydrogen-bond acceptors (Lipinski definition) is 5. The zero-order chi connectivity index (χ0) is 14.4. The van der Waals surface area contributed by atoms with Gasteiger partial charge in [-0.15, -0.1) is 11.3 Å². The largest absolute Gasteiger partial charge is 0.341 e. The van der Waals surface area contributed by atoms with E-state index in [1.54, 1.807) is 11.3 Å². The molecule has 0 saturated heterocycles. The van der Waals surface area contributed by atoms with Crippen LogP contribution in [0.1, 0.15) is 24.3 Å². The van der Waals surface area contributed by atoms with E-state index in [9.17, 15) is 0 Å². The molecule has 2 aromatic rings. The van der Waals surface area contributed by atoms with Gasteiger partial charge in [-0.25, -0.2) is 9.97 Å². The van der Waals surface area contributed by atoms with Crippen LogP contribution in [-0.4, -0.2) is 29.6 Å². The van der Waals surface area contributed by atoms with Crippen LogP contribution in [0.3, 0.4) is 0 Å². The summed E-state index contributed by atoms with van der Waals surface area (Å²) in [5.74, 6) is 0.786. The van der Waals surface area contributed by atoms with Gasteiger partial charge in [0.2, 0.25) is 5.95 Å². The predicted molar refractivity (Wildman–Crippen MR) is 85.3 cm³/mol. The maximum Gasteiger partial charge on any atom is 0.225 e. The number of nitrogens with zero attached hydrogens (tertiary/aromatic N) is 3. The van der Waals surface area contributed by atoms with Crippen LogP contribution in [0.4, 0.5) is 5.95 Å². The fraction of sp³-hybridized carbons (Fsp3) is 0.467. The Balaban J connectivity index is 1.95. The lowest BCUT2D eigenvalue weighted by Crippen LogP contribution is -2.32. The molecule has 1 atom stereocenters. The molecule has 0 aromatic carbocycles. The Morgan fingerprint density at radius 1 is 1.35 bits per heavy atom. The zero-order valence-electron chi connectivity index (χ0n) is 12.3. The minimum Gasteiger partial charge on any atom is -0.341 e. The van der Waals surface area contributed by atoms with Crippen molar-refractivity contribution >= 4 is 17.3 Å². The second kappa shape index (κ2) is 7.36. The molecular weight excluding hydrogens is 268 g/mol. The molecule has 108 valence electrons. The standard InChI is InChI=1S/C15H22N4S/c1-4-16-9-13-10-17-15(18-11-13)19(3)12(2)8-14-6-5-7-20-14/h5-7,10-12,16H,4,8-9H2,1-3H3. The van der Waals surface area contributed by atoms with Crippen LogP contribution in [0, 0.1) is 0 Å². The molecule has 0 aliphatic rings. The summed E-state index contributed by atoms with van der Waals surface area (Å²) < 4.78 is 0. The molecule has 1 unspecified atom stereocenters. The first-order valence-electron chi connectivity index (χ1n) is 6.97. The van der Waals surface area contributed by atoms with Crippen LogP contribution < -0.4 is 10.2 Å². The molecule has 5 heteroatoms. The smallest absolute Gasteiger partial charge is 0.225 e. The van der Waals surface area contributed by atoms with E-state index in [1.807, 2.05) is 12.4 Å². The number of likely N-dealkylation sites (N-methyl/N-ethyl adjacent to an activating group) is 1. The Kier molecular flexibility index (Phi) is 5.49. The second-order valence-electron chi connectivity index (χ2n) is 4.92. The first-order valence-corrected chi connectivity index (χ1v) is 7.85. The van der Waals surface area contributed by atoms with E-state index in [-0.39, 0.29) is 0 Å². The van der Waals surface area contributed by atoms with Gasteiger partial charge < -0.3 is 10.2 Å². The van der Waals surface area contributed by atoms with Crippen LogP contribution in [0.15, 0.2) is 29.9 Å². The quantitative estimate of drug-likeness (QED) is 0.851. The summed E-state index contributed by atoms with van der Waals surface area (Å²) >= 11 is 1.80. The predicted octanol–water partition coefficient (Wildman–Crippen LogP) is 2.72. The lowest BCUT2D eigenvalue weighted by Gasteiger charge is -2.24. The Bertz CT molecular complexity index is 495. The molecular formula is C15H22N4S. The van der Waals surface area contributed by atoms with Crippen molar-refractivity contribution in [2.75, 3.05) is 18.5 Å². The van der Waals surface area contributed by atoms with Gasteiger partial charge in [0, 0.05) is 48.9 Å². The van der Waals surface area contributed by atoms with Gasteiger partial charge in [0.1, 0.15) is 0 Å². The van der Waals surface area contributed by atoms with Crippen molar-refractivity contribution in [1.29, 1.82) is 0 Å². The molecule has 2 rings (SSSR count). The molecule has 0 aliphatic heterocycles. The van der Waals surface area contributed by atoms with Gasteiger partial charge in [-0.1, -0.05) is 13.0 Å². The summed E-state index contributed by atoms with van der Waals surface area (Å²) in [4.78, 5) is 12.5.